The molecule has 1 heterocycles. The summed E-state index contributed by atoms with van der Waals surface area (Å²) in [5, 5.41) is 6.84. The van der Waals surface area contributed by atoms with Crippen LogP contribution in [0.15, 0.2) is 30.3 Å². The molecule has 1 aliphatic heterocycles. The number of amides is 1. The van der Waals surface area contributed by atoms with Crippen molar-refractivity contribution in [1.82, 2.24) is 10.6 Å². The maximum absolute atomic E-state index is 12.7. The van der Waals surface area contributed by atoms with E-state index in [0.717, 1.165) is 25.9 Å². The van der Waals surface area contributed by atoms with Gasteiger partial charge >= 0.3 is 0 Å². The summed E-state index contributed by atoms with van der Waals surface area (Å²) >= 11 is 0. The summed E-state index contributed by atoms with van der Waals surface area (Å²) in [5.74, 6) is 1.77. The van der Waals surface area contributed by atoms with E-state index in [0.29, 0.717) is 17.7 Å². The monoisotopic (exact) mass is 284 g/mol. The van der Waals surface area contributed by atoms with Crippen molar-refractivity contribution < 1.29 is 4.79 Å². The Hall–Kier alpha value is -1.35. The molecule has 2 aliphatic carbocycles. The topological polar surface area (TPSA) is 41.1 Å². The molecule has 21 heavy (non-hydrogen) atoms. The van der Waals surface area contributed by atoms with Gasteiger partial charge in [0.1, 0.15) is 0 Å². The maximum atomic E-state index is 12.7. The van der Waals surface area contributed by atoms with Crippen molar-refractivity contribution in [2.75, 3.05) is 13.1 Å². The van der Waals surface area contributed by atoms with Gasteiger partial charge in [-0.3, -0.25) is 4.79 Å². The standard InChI is InChI=1S/C18H24N2O/c21-17(16-14-11-19-12-15(14)16)20-18(9-5-2-6-10-18)13-7-3-1-4-8-13/h1,3-4,7-8,14-16,19H,2,5-6,9-12H2,(H,20,21). The van der Waals surface area contributed by atoms with Gasteiger partial charge < -0.3 is 10.6 Å². The van der Waals surface area contributed by atoms with Crippen LogP contribution in [0.3, 0.4) is 0 Å². The molecular formula is C18H24N2O. The second-order valence-corrected chi connectivity index (χ2v) is 7.01. The number of benzene rings is 1. The molecule has 0 radical (unpaired) electrons. The molecule has 2 saturated carbocycles. The highest BCUT2D eigenvalue weighted by Gasteiger charge is 2.57. The van der Waals surface area contributed by atoms with Crippen LogP contribution in [0.25, 0.3) is 0 Å². The SMILES string of the molecule is O=C(NC1(c2ccccc2)CCCCC1)C1C2CNCC21. The van der Waals surface area contributed by atoms with Gasteiger partial charge in [0.2, 0.25) is 5.91 Å². The fraction of sp³-hybridized carbons (Fsp3) is 0.611. The Labute approximate surface area is 126 Å². The van der Waals surface area contributed by atoms with Crippen molar-refractivity contribution in [2.45, 2.75) is 37.6 Å². The van der Waals surface area contributed by atoms with E-state index in [-0.39, 0.29) is 11.5 Å². The van der Waals surface area contributed by atoms with Gasteiger partial charge in [-0.05, 0) is 43.3 Å². The first kappa shape index (κ1) is 13.3. The molecule has 0 aromatic heterocycles. The summed E-state index contributed by atoms with van der Waals surface area (Å²) in [6, 6.07) is 10.6. The number of hydrogen-bond donors (Lipinski definition) is 2. The Bertz CT molecular complexity index is 511. The average Bonchev–Trinajstić information content (AvgIpc) is 3.03. The lowest BCUT2D eigenvalue weighted by Gasteiger charge is -2.39. The predicted molar refractivity (Wildman–Crippen MR) is 82.7 cm³/mol. The second-order valence-electron chi connectivity index (χ2n) is 7.01. The highest BCUT2D eigenvalue weighted by molar-refractivity contribution is 5.83. The van der Waals surface area contributed by atoms with Gasteiger partial charge in [0.05, 0.1) is 5.54 Å². The third kappa shape index (κ3) is 2.28. The molecule has 1 saturated heterocycles. The van der Waals surface area contributed by atoms with Crippen molar-refractivity contribution in [3.05, 3.63) is 35.9 Å². The van der Waals surface area contributed by atoms with E-state index in [9.17, 15) is 4.79 Å². The Balaban J connectivity index is 1.54. The summed E-state index contributed by atoms with van der Waals surface area (Å²) in [6.07, 6.45) is 5.90. The lowest BCUT2D eigenvalue weighted by Crippen LogP contribution is -2.48. The summed E-state index contributed by atoms with van der Waals surface area (Å²) in [5.41, 5.74) is 1.18. The predicted octanol–water partition coefficient (Wildman–Crippen LogP) is 2.43. The van der Waals surface area contributed by atoms with Gasteiger partial charge in [-0.2, -0.15) is 0 Å². The molecule has 3 nitrogen and oxygen atoms in total. The number of carbonyl (C=O) groups is 1. The minimum atomic E-state index is -0.110. The number of hydrogen-bond acceptors (Lipinski definition) is 2. The van der Waals surface area contributed by atoms with E-state index in [1.165, 1.54) is 24.8 Å². The summed E-state index contributed by atoms with van der Waals surface area (Å²) in [4.78, 5) is 12.7. The molecule has 1 aromatic rings. The first-order valence-electron chi connectivity index (χ1n) is 8.38. The Morgan fingerprint density at radius 3 is 2.38 bits per heavy atom. The third-order valence-corrected chi connectivity index (χ3v) is 5.79. The minimum absolute atomic E-state index is 0.110. The van der Waals surface area contributed by atoms with Gasteiger partial charge in [0.25, 0.3) is 0 Å². The number of fused-ring (bicyclic) bond motifs is 1. The van der Waals surface area contributed by atoms with E-state index in [4.69, 9.17) is 0 Å². The van der Waals surface area contributed by atoms with E-state index < -0.39 is 0 Å². The summed E-state index contributed by atoms with van der Waals surface area (Å²) < 4.78 is 0. The van der Waals surface area contributed by atoms with Crippen LogP contribution in [-0.2, 0) is 10.3 Å². The van der Waals surface area contributed by atoms with Gasteiger partial charge in [-0.15, -0.1) is 0 Å². The molecule has 3 heteroatoms. The largest absolute Gasteiger partial charge is 0.346 e. The number of piperidine rings is 1. The van der Waals surface area contributed by atoms with E-state index in [2.05, 4.69) is 41.0 Å². The minimum Gasteiger partial charge on any atom is -0.346 e. The van der Waals surface area contributed by atoms with Crippen LogP contribution in [0.5, 0.6) is 0 Å². The molecule has 2 N–H and O–H groups in total. The molecule has 2 unspecified atom stereocenters. The maximum Gasteiger partial charge on any atom is 0.224 e. The molecule has 0 bridgehead atoms. The van der Waals surface area contributed by atoms with Crippen LogP contribution >= 0.6 is 0 Å². The molecule has 112 valence electrons. The zero-order chi connectivity index (χ0) is 14.3. The van der Waals surface area contributed by atoms with Gasteiger partial charge in [-0.1, -0.05) is 49.6 Å². The van der Waals surface area contributed by atoms with E-state index in [1.807, 2.05) is 0 Å². The quantitative estimate of drug-likeness (QED) is 0.895. The highest BCUT2D eigenvalue weighted by Crippen LogP contribution is 2.49. The molecular weight excluding hydrogens is 260 g/mol. The molecule has 0 spiro atoms. The zero-order valence-electron chi connectivity index (χ0n) is 12.5. The fourth-order valence-corrected chi connectivity index (χ4v) is 4.52. The van der Waals surface area contributed by atoms with Crippen LogP contribution in [0.2, 0.25) is 0 Å². The Morgan fingerprint density at radius 2 is 1.71 bits per heavy atom. The Morgan fingerprint density at radius 1 is 1.05 bits per heavy atom. The average molecular weight is 284 g/mol. The fourth-order valence-electron chi connectivity index (χ4n) is 4.52. The van der Waals surface area contributed by atoms with Crippen LogP contribution in [-0.4, -0.2) is 19.0 Å². The molecule has 2 atom stereocenters. The molecule has 4 rings (SSSR count). The molecule has 3 aliphatic rings. The lowest BCUT2D eigenvalue weighted by molar-refractivity contribution is -0.125. The Kier molecular flexibility index (Phi) is 3.26. The van der Waals surface area contributed by atoms with Gasteiger partial charge in [0.15, 0.2) is 0 Å². The van der Waals surface area contributed by atoms with Crippen molar-refractivity contribution in [1.29, 1.82) is 0 Å². The molecule has 1 aromatic carbocycles. The van der Waals surface area contributed by atoms with Crippen LogP contribution in [0.4, 0.5) is 0 Å². The molecule has 1 amide bonds. The van der Waals surface area contributed by atoms with Crippen molar-refractivity contribution in [2.24, 2.45) is 17.8 Å². The first-order valence-corrected chi connectivity index (χ1v) is 8.38. The normalized spacial score (nSPS) is 33.2. The lowest BCUT2D eigenvalue weighted by atomic mass is 9.76. The molecule has 3 fully saturated rings. The second kappa shape index (κ2) is 5.13. The van der Waals surface area contributed by atoms with E-state index in [1.54, 1.807) is 0 Å². The smallest absolute Gasteiger partial charge is 0.224 e. The van der Waals surface area contributed by atoms with E-state index >= 15 is 0 Å². The van der Waals surface area contributed by atoms with Crippen LogP contribution < -0.4 is 10.6 Å². The van der Waals surface area contributed by atoms with Gasteiger partial charge in [-0.25, -0.2) is 0 Å². The van der Waals surface area contributed by atoms with Gasteiger partial charge in [0, 0.05) is 5.92 Å². The number of rotatable bonds is 3. The summed E-state index contributed by atoms with van der Waals surface area (Å²) in [7, 11) is 0. The third-order valence-electron chi connectivity index (χ3n) is 5.79. The van der Waals surface area contributed by atoms with Crippen LogP contribution in [0, 0.1) is 17.8 Å². The number of carbonyl (C=O) groups excluding carboxylic acids is 1. The summed E-state index contributed by atoms with van der Waals surface area (Å²) in [6.45, 7) is 2.06. The first-order chi connectivity index (χ1) is 10.3. The zero-order valence-corrected chi connectivity index (χ0v) is 12.5. The number of nitrogens with one attached hydrogen (secondary N) is 2. The van der Waals surface area contributed by atoms with Crippen LogP contribution in [0.1, 0.15) is 37.7 Å². The highest BCUT2D eigenvalue weighted by atomic mass is 16.2. The van der Waals surface area contributed by atoms with Crippen molar-refractivity contribution in [3.63, 3.8) is 0 Å². The van der Waals surface area contributed by atoms with Crippen molar-refractivity contribution in [3.8, 4) is 0 Å². The van der Waals surface area contributed by atoms with Crippen molar-refractivity contribution >= 4 is 5.91 Å².